The Morgan fingerprint density at radius 1 is 0.972 bits per heavy atom. The third kappa shape index (κ3) is 5.17. The van der Waals surface area contributed by atoms with Gasteiger partial charge in [0.1, 0.15) is 12.4 Å². The predicted molar refractivity (Wildman–Crippen MR) is 129 cm³/mol. The highest BCUT2D eigenvalue weighted by Crippen LogP contribution is 2.38. The Kier molecular flexibility index (Phi) is 6.96. The van der Waals surface area contributed by atoms with Crippen LogP contribution < -0.4 is 9.64 Å². The van der Waals surface area contributed by atoms with Crippen LogP contribution in [0.3, 0.4) is 0 Å². The fourth-order valence-electron chi connectivity index (χ4n) is 3.91. The zero-order valence-corrected chi connectivity index (χ0v) is 19.5. The molecule has 1 aliphatic heterocycles. The zero-order chi connectivity index (χ0) is 25.9. The van der Waals surface area contributed by atoms with Gasteiger partial charge < -0.3 is 9.47 Å². The molecule has 0 fully saturated rings. The van der Waals surface area contributed by atoms with Crippen LogP contribution >= 0.6 is 0 Å². The van der Waals surface area contributed by atoms with Gasteiger partial charge in [0, 0.05) is 11.4 Å². The maximum atomic E-state index is 13.4. The van der Waals surface area contributed by atoms with Crippen LogP contribution in [0.15, 0.2) is 95.7 Å². The second kappa shape index (κ2) is 10.1. The number of halogens is 3. The van der Waals surface area contributed by atoms with Gasteiger partial charge in [-0.15, -0.1) is 0 Å². The standard InChI is InChI=1S/C28H22F3NO4/c1-18-25(27(34)35-2)24(26(33)32(18)22-12-7-11-21(16-22)28(29,30)31)15-20-10-6-13-23(14-20)36-17-19-8-4-3-5-9-19/h3-16H,17H2,1-2H3/b24-15-. The minimum Gasteiger partial charge on any atom is -0.489 e. The molecule has 4 rings (SSSR count). The number of allylic oxidation sites excluding steroid dienone is 1. The molecule has 8 heteroatoms. The highest BCUT2D eigenvalue weighted by Gasteiger charge is 2.39. The molecule has 0 atom stereocenters. The molecular weight excluding hydrogens is 471 g/mol. The fraction of sp³-hybridized carbons (Fsp3) is 0.143. The van der Waals surface area contributed by atoms with Crippen molar-refractivity contribution >= 4 is 23.6 Å². The fourth-order valence-corrected chi connectivity index (χ4v) is 3.91. The molecule has 1 amide bonds. The molecule has 5 nitrogen and oxygen atoms in total. The van der Waals surface area contributed by atoms with E-state index >= 15 is 0 Å². The van der Waals surface area contributed by atoms with Gasteiger partial charge in [-0.25, -0.2) is 4.79 Å². The van der Waals surface area contributed by atoms with Crippen LogP contribution in [0.5, 0.6) is 5.75 Å². The van der Waals surface area contributed by atoms with E-state index in [9.17, 15) is 22.8 Å². The van der Waals surface area contributed by atoms with Crippen molar-refractivity contribution in [2.24, 2.45) is 0 Å². The molecule has 0 unspecified atom stereocenters. The van der Waals surface area contributed by atoms with E-state index in [0.29, 0.717) is 17.9 Å². The Balaban J connectivity index is 1.69. The number of methoxy groups -OCH3 is 1. The zero-order valence-electron chi connectivity index (χ0n) is 19.5. The Morgan fingerprint density at radius 2 is 1.69 bits per heavy atom. The third-order valence-electron chi connectivity index (χ3n) is 5.64. The number of carbonyl (C=O) groups excluding carboxylic acids is 2. The predicted octanol–water partition coefficient (Wildman–Crippen LogP) is 6.16. The van der Waals surface area contributed by atoms with E-state index in [-0.39, 0.29) is 22.5 Å². The van der Waals surface area contributed by atoms with Crippen LogP contribution in [0.2, 0.25) is 0 Å². The summed E-state index contributed by atoms with van der Waals surface area (Å²) >= 11 is 0. The van der Waals surface area contributed by atoms with E-state index < -0.39 is 23.6 Å². The lowest BCUT2D eigenvalue weighted by atomic mass is 10.0. The summed E-state index contributed by atoms with van der Waals surface area (Å²) in [4.78, 5) is 27.1. The molecule has 0 aromatic heterocycles. The van der Waals surface area contributed by atoms with E-state index in [1.165, 1.54) is 32.2 Å². The van der Waals surface area contributed by atoms with Crippen LogP contribution in [-0.2, 0) is 27.1 Å². The number of ether oxygens (including phenoxy) is 2. The molecule has 0 N–H and O–H groups in total. The first-order valence-electron chi connectivity index (χ1n) is 11.0. The number of alkyl halides is 3. The average Bonchev–Trinajstić information content (AvgIpc) is 3.11. The molecule has 0 aliphatic carbocycles. The molecule has 0 spiro atoms. The number of hydrogen-bond acceptors (Lipinski definition) is 4. The first-order valence-corrected chi connectivity index (χ1v) is 11.0. The summed E-state index contributed by atoms with van der Waals surface area (Å²) in [5.74, 6) is -0.852. The average molecular weight is 493 g/mol. The second-order valence-corrected chi connectivity index (χ2v) is 8.05. The Bertz CT molecular complexity index is 1360. The topological polar surface area (TPSA) is 55.8 Å². The summed E-state index contributed by atoms with van der Waals surface area (Å²) in [6.07, 6.45) is -3.08. The minimum absolute atomic E-state index is 0.00271. The lowest BCUT2D eigenvalue weighted by molar-refractivity contribution is -0.137. The number of rotatable bonds is 6. The van der Waals surface area contributed by atoms with Crippen molar-refractivity contribution in [1.29, 1.82) is 0 Å². The molecule has 1 heterocycles. The number of hydrogen-bond donors (Lipinski definition) is 0. The number of amides is 1. The van der Waals surface area contributed by atoms with Crippen molar-refractivity contribution in [3.05, 3.63) is 112 Å². The van der Waals surface area contributed by atoms with Crippen molar-refractivity contribution in [1.82, 2.24) is 0 Å². The van der Waals surface area contributed by atoms with E-state index in [1.54, 1.807) is 24.3 Å². The quantitative estimate of drug-likeness (QED) is 0.305. The summed E-state index contributed by atoms with van der Waals surface area (Å²) in [6, 6.07) is 20.9. The second-order valence-electron chi connectivity index (χ2n) is 8.05. The summed E-state index contributed by atoms with van der Waals surface area (Å²) in [5, 5.41) is 0. The van der Waals surface area contributed by atoms with Crippen molar-refractivity contribution in [3.8, 4) is 5.75 Å². The van der Waals surface area contributed by atoms with Gasteiger partial charge in [0.25, 0.3) is 5.91 Å². The molecule has 36 heavy (non-hydrogen) atoms. The van der Waals surface area contributed by atoms with Gasteiger partial charge in [-0.2, -0.15) is 13.2 Å². The normalized spacial score (nSPS) is 15.0. The Morgan fingerprint density at radius 3 is 2.39 bits per heavy atom. The molecular formula is C28H22F3NO4. The summed E-state index contributed by atoms with van der Waals surface area (Å²) in [5.41, 5.74) is 0.818. The van der Waals surface area contributed by atoms with Crippen LogP contribution in [0.4, 0.5) is 18.9 Å². The van der Waals surface area contributed by atoms with Gasteiger partial charge in [-0.05, 0) is 54.5 Å². The highest BCUT2D eigenvalue weighted by molar-refractivity contribution is 6.23. The van der Waals surface area contributed by atoms with Crippen LogP contribution in [0, 0.1) is 0 Å². The molecule has 0 radical (unpaired) electrons. The molecule has 1 aliphatic rings. The van der Waals surface area contributed by atoms with Crippen LogP contribution in [-0.4, -0.2) is 19.0 Å². The summed E-state index contributed by atoms with van der Waals surface area (Å²) < 4.78 is 50.5. The molecule has 3 aromatic carbocycles. The summed E-state index contributed by atoms with van der Waals surface area (Å²) in [7, 11) is 1.18. The lowest BCUT2D eigenvalue weighted by Gasteiger charge is -2.19. The van der Waals surface area contributed by atoms with Crippen molar-refractivity contribution in [2.45, 2.75) is 19.7 Å². The molecule has 0 saturated heterocycles. The van der Waals surface area contributed by atoms with Gasteiger partial charge in [0.15, 0.2) is 0 Å². The SMILES string of the molecule is COC(=O)C1=C(C)N(c2cccc(C(F)(F)F)c2)C(=O)/C1=C\c1cccc(OCc2ccccc2)c1. The van der Waals surface area contributed by atoms with Crippen LogP contribution in [0.1, 0.15) is 23.6 Å². The number of nitrogens with zero attached hydrogens (tertiary/aromatic N) is 1. The monoisotopic (exact) mass is 493 g/mol. The van der Waals surface area contributed by atoms with E-state index in [0.717, 1.165) is 22.6 Å². The highest BCUT2D eigenvalue weighted by atomic mass is 19.4. The smallest absolute Gasteiger partial charge is 0.416 e. The number of benzene rings is 3. The van der Waals surface area contributed by atoms with Gasteiger partial charge in [-0.3, -0.25) is 9.69 Å². The number of anilines is 1. The molecule has 0 bridgehead atoms. The van der Waals surface area contributed by atoms with Gasteiger partial charge in [0.2, 0.25) is 0 Å². The Labute approximate surface area is 206 Å². The molecule has 0 saturated carbocycles. The van der Waals surface area contributed by atoms with Gasteiger partial charge >= 0.3 is 12.1 Å². The maximum Gasteiger partial charge on any atom is 0.416 e. The largest absolute Gasteiger partial charge is 0.489 e. The van der Waals surface area contributed by atoms with Gasteiger partial charge in [0.05, 0.1) is 23.8 Å². The van der Waals surface area contributed by atoms with Gasteiger partial charge in [-0.1, -0.05) is 48.5 Å². The number of carbonyl (C=O) groups is 2. The maximum absolute atomic E-state index is 13.4. The summed E-state index contributed by atoms with van der Waals surface area (Å²) in [6.45, 7) is 1.83. The first kappa shape index (κ1) is 24.8. The third-order valence-corrected chi connectivity index (χ3v) is 5.64. The van der Waals surface area contributed by atoms with Crippen molar-refractivity contribution < 1.29 is 32.2 Å². The minimum atomic E-state index is -4.58. The van der Waals surface area contributed by atoms with Crippen LogP contribution in [0.25, 0.3) is 6.08 Å². The van der Waals surface area contributed by atoms with E-state index in [2.05, 4.69) is 0 Å². The molecule has 184 valence electrons. The van der Waals surface area contributed by atoms with Crippen molar-refractivity contribution in [2.75, 3.05) is 12.0 Å². The van der Waals surface area contributed by atoms with E-state index in [4.69, 9.17) is 9.47 Å². The Hall–Kier alpha value is -4.33. The van der Waals surface area contributed by atoms with E-state index in [1.807, 2.05) is 30.3 Å². The lowest BCUT2D eigenvalue weighted by Crippen LogP contribution is -2.24. The molecule has 3 aromatic rings. The first-order chi connectivity index (χ1) is 17.2. The van der Waals surface area contributed by atoms with Crippen molar-refractivity contribution in [3.63, 3.8) is 0 Å². The number of esters is 1.